The summed E-state index contributed by atoms with van der Waals surface area (Å²) in [6.07, 6.45) is 7.50. The molecule has 1 aliphatic rings. The first-order chi connectivity index (χ1) is 18.1. The molecule has 0 aliphatic heterocycles. The third-order valence-electron chi connectivity index (χ3n) is 6.50. The number of hydrogen-bond donors (Lipinski definition) is 4. The van der Waals surface area contributed by atoms with Crippen LogP contribution in [0.4, 0.5) is 27.9 Å². The van der Waals surface area contributed by atoms with Crippen LogP contribution in [0.15, 0.2) is 48.5 Å². The molecule has 2 aromatic carbocycles. The van der Waals surface area contributed by atoms with Crippen LogP contribution in [-0.4, -0.2) is 39.0 Å². The first kappa shape index (κ1) is 26.5. The number of rotatable bonds is 13. The summed E-state index contributed by atoms with van der Waals surface area (Å²) >= 11 is 0. The highest BCUT2D eigenvalue weighted by Gasteiger charge is 2.15. The summed E-state index contributed by atoms with van der Waals surface area (Å²) in [6, 6.07) is 13.9. The molecule has 1 aliphatic carbocycles. The molecule has 1 saturated carbocycles. The molecule has 1 heterocycles. The number of carbonyl (C=O) groups excluding carboxylic acids is 1. The highest BCUT2D eigenvalue weighted by molar-refractivity contribution is 5.81. The first-order valence-corrected chi connectivity index (χ1v) is 13.0. The van der Waals surface area contributed by atoms with Crippen LogP contribution >= 0.6 is 0 Å². The number of carbonyl (C=O) groups is 1. The van der Waals surface area contributed by atoms with Crippen molar-refractivity contribution in [3.05, 3.63) is 65.5 Å². The van der Waals surface area contributed by atoms with Crippen molar-refractivity contribution in [3.63, 3.8) is 0 Å². The van der Waals surface area contributed by atoms with Gasteiger partial charge in [0.05, 0.1) is 0 Å². The summed E-state index contributed by atoms with van der Waals surface area (Å²) in [5.74, 6) is 1.76. The number of nitrogens with one attached hydrogen (secondary N) is 3. The molecule has 4 rings (SSSR count). The molecule has 3 aromatic rings. The fraction of sp³-hybridized carbons (Fsp3) is 0.429. The van der Waals surface area contributed by atoms with Crippen LogP contribution in [0.25, 0.3) is 0 Å². The zero-order chi connectivity index (χ0) is 25.9. The molecular weight excluding hydrogens is 471 g/mol. The summed E-state index contributed by atoms with van der Waals surface area (Å²) in [5.41, 5.74) is 2.62. The maximum absolute atomic E-state index is 13.2. The van der Waals surface area contributed by atoms with E-state index in [1.54, 1.807) is 12.1 Å². The van der Waals surface area contributed by atoms with Gasteiger partial charge in [-0.25, -0.2) is 4.39 Å². The van der Waals surface area contributed by atoms with E-state index in [2.05, 4.69) is 30.9 Å². The molecule has 37 heavy (non-hydrogen) atoms. The number of halogens is 1. The van der Waals surface area contributed by atoms with Crippen molar-refractivity contribution in [1.29, 1.82) is 0 Å². The number of benzene rings is 2. The van der Waals surface area contributed by atoms with Gasteiger partial charge in [-0.1, -0.05) is 43.5 Å². The maximum atomic E-state index is 13.2. The molecule has 1 fully saturated rings. The SMILES string of the molecule is O=C(CCCO)Cc1ccc(Nc2nc(NCc3ccc(F)cc3)nc(NCC3CCCCC3)n2)cc1. The number of Topliss-reactive ketones (excluding diaryl/α,β-unsaturated/α-hetero) is 1. The smallest absolute Gasteiger partial charge is 0.233 e. The van der Waals surface area contributed by atoms with Crippen molar-refractivity contribution in [2.45, 2.75) is 57.9 Å². The molecule has 196 valence electrons. The Morgan fingerprint density at radius 1 is 0.865 bits per heavy atom. The number of hydrogen-bond acceptors (Lipinski definition) is 8. The Labute approximate surface area is 217 Å². The lowest BCUT2D eigenvalue weighted by Gasteiger charge is -2.21. The van der Waals surface area contributed by atoms with Crippen LogP contribution in [0.5, 0.6) is 0 Å². The van der Waals surface area contributed by atoms with Crippen molar-refractivity contribution in [1.82, 2.24) is 15.0 Å². The van der Waals surface area contributed by atoms with Gasteiger partial charge in [-0.05, 0) is 60.6 Å². The summed E-state index contributed by atoms with van der Waals surface area (Å²) in [4.78, 5) is 25.6. The molecule has 0 bridgehead atoms. The minimum atomic E-state index is -0.273. The quantitative estimate of drug-likeness (QED) is 0.249. The third-order valence-corrected chi connectivity index (χ3v) is 6.50. The highest BCUT2D eigenvalue weighted by atomic mass is 19.1. The van der Waals surface area contributed by atoms with Gasteiger partial charge in [0.2, 0.25) is 17.8 Å². The van der Waals surface area contributed by atoms with Gasteiger partial charge in [0.15, 0.2) is 0 Å². The Morgan fingerprint density at radius 2 is 1.51 bits per heavy atom. The second-order valence-corrected chi connectivity index (χ2v) is 9.54. The monoisotopic (exact) mass is 506 g/mol. The van der Waals surface area contributed by atoms with Crippen molar-refractivity contribution in [2.75, 3.05) is 29.1 Å². The molecule has 0 amide bonds. The van der Waals surface area contributed by atoms with E-state index >= 15 is 0 Å². The summed E-state index contributed by atoms with van der Waals surface area (Å²) < 4.78 is 13.2. The van der Waals surface area contributed by atoms with Gasteiger partial charge in [0.25, 0.3) is 0 Å². The predicted molar refractivity (Wildman–Crippen MR) is 143 cm³/mol. The maximum Gasteiger partial charge on any atom is 0.233 e. The molecule has 8 nitrogen and oxygen atoms in total. The van der Waals surface area contributed by atoms with Crippen LogP contribution < -0.4 is 16.0 Å². The largest absolute Gasteiger partial charge is 0.396 e. The third kappa shape index (κ3) is 8.78. The summed E-state index contributed by atoms with van der Waals surface area (Å²) in [5, 5.41) is 18.7. The molecule has 0 unspecified atom stereocenters. The molecule has 0 atom stereocenters. The van der Waals surface area contributed by atoms with Crippen LogP contribution in [0.1, 0.15) is 56.1 Å². The van der Waals surface area contributed by atoms with Gasteiger partial charge in [-0.2, -0.15) is 15.0 Å². The van der Waals surface area contributed by atoms with Crippen LogP contribution in [0.2, 0.25) is 0 Å². The number of aromatic nitrogens is 3. The average molecular weight is 507 g/mol. The first-order valence-electron chi connectivity index (χ1n) is 13.0. The predicted octanol–water partition coefficient (Wildman–Crippen LogP) is 5.24. The fourth-order valence-electron chi connectivity index (χ4n) is 4.43. The van der Waals surface area contributed by atoms with Crippen LogP contribution in [-0.2, 0) is 17.8 Å². The topological polar surface area (TPSA) is 112 Å². The Morgan fingerprint density at radius 3 is 2.22 bits per heavy atom. The lowest BCUT2D eigenvalue weighted by atomic mass is 9.89. The van der Waals surface area contributed by atoms with Crippen molar-refractivity contribution in [3.8, 4) is 0 Å². The minimum absolute atomic E-state index is 0.0266. The number of aliphatic hydroxyl groups is 1. The van der Waals surface area contributed by atoms with Crippen molar-refractivity contribution < 1.29 is 14.3 Å². The Bertz CT molecular complexity index is 1130. The Balaban J connectivity index is 1.43. The zero-order valence-electron chi connectivity index (χ0n) is 21.0. The van der Waals surface area contributed by atoms with E-state index in [4.69, 9.17) is 5.11 Å². The van der Waals surface area contributed by atoms with E-state index < -0.39 is 0 Å². The fourth-order valence-corrected chi connectivity index (χ4v) is 4.43. The van der Waals surface area contributed by atoms with E-state index in [0.717, 1.165) is 23.4 Å². The second kappa shape index (κ2) is 13.6. The van der Waals surface area contributed by atoms with Crippen molar-refractivity contribution in [2.24, 2.45) is 5.92 Å². The van der Waals surface area contributed by atoms with E-state index in [-0.39, 0.29) is 18.2 Å². The second-order valence-electron chi connectivity index (χ2n) is 9.54. The van der Waals surface area contributed by atoms with Crippen molar-refractivity contribution >= 4 is 29.3 Å². The standard InChI is InChI=1S/C28H35FN6O2/c29-23-12-8-22(9-13-23)19-31-27-33-26(30-18-21-5-2-1-3-6-21)34-28(35-27)32-24-14-10-20(11-15-24)17-25(37)7-4-16-36/h8-15,21,36H,1-7,16-19H2,(H3,30,31,32,33,34,35). The average Bonchev–Trinajstić information content (AvgIpc) is 2.92. The minimum Gasteiger partial charge on any atom is -0.396 e. The zero-order valence-corrected chi connectivity index (χ0v) is 21.0. The molecule has 0 radical (unpaired) electrons. The molecule has 4 N–H and O–H groups in total. The van der Waals surface area contributed by atoms with E-state index in [9.17, 15) is 9.18 Å². The molecular formula is C28H35FN6O2. The van der Waals surface area contributed by atoms with E-state index in [1.165, 1.54) is 44.2 Å². The van der Waals surface area contributed by atoms with Gasteiger partial charge >= 0.3 is 0 Å². The van der Waals surface area contributed by atoms with E-state index in [1.807, 2.05) is 24.3 Å². The molecule has 0 saturated heterocycles. The lowest BCUT2D eigenvalue weighted by molar-refractivity contribution is -0.118. The van der Waals surface area contributed by atoms with Crippen LogP contribution in [0.3, 0.4) is 0 Å². The van der Waals surface area contributed by atoms with E-state index in [0.29, 0.717) is 49.6 Å². The van der Waals surface area contributed by atoms with Crippen LogP contribution in [0, 0.1) is 11.7 Å². The van der Waals surface area contributed by atoms with Gasteiger partial charge in [-0.15, -0.1) is 0 Å². The highest BCUT2D eigenvalue weighted by Crippen LogP contribution is 2.24. The number of ketones is 1. The van der Waals surface area contributed by atoms with Gasteiger partial charge in [-0.3, -0.25) is 4.79 Å². The molecule has 0 spiro atoms. The number of anilines is 4. The van der Waals surface area contributed by atoms with Gasteiger partial charge in [0, 0.05) is 38.2 Å². The lowest BCUT2D eigenvalue weighted by Crippen LogP contribution is -2.19. The van der Waals surface area contributed by atoms with Gasteiger partial charge < -0.3 is 21.1 Å². The Hall–Kier alpha value is -3.59. The summed E-state index contributed by atoms with van der Waals surface area (Å²) in [6.45, 7) is 1.30. The molecule has 9 heteroatoms. The molecule has 1 aromatic heterocycles. The van der Waals surface area contributed by atoms with Gasteiger partial charge in [0.1, 0.15) is 11.6 Å². The number of nitrogens with zero attached hydrogens (tertiary/aromatic N) is 3. The summed E-state index contributed by atoms with van der Waals surface area (Å²) in [7, 11) is 0. The Kier molecular flexibility index (Phi) is 9.76. The number of aliphatic hydroxyl groups excluding tert-OH is 1. The normalized spacial score (nSPS) is 13.8.